The number of furan rings is 1. The molecule has 0 bridgehead atoms. The Kier molecular flexibility index (Phi) is 6.15. The Bertz CT molecular complexity index is 3120. The fourth-order valence-corrected chi connectivity index (χ4v) is 7.35. The van der Waals surface area contributed by atoms with Crippen molar-refractivity contribution in [2.75, 3.05) is 0 Å². The lowest BCUT2D eigenvalue weighted by molar-refractivity contribution is 0.619. The highest BCUT2D eigenvalue weighted by molar-refractivity contribution is 6.25. The first kappa shape index (κ1) is 28.6. The summed E-state index contributed by atoms with van der Waals surface area (Å²) < 4.78 is 12.7. The summed E-state index contributed by atoms with van der Waals surface area (Å²) in [5.74, 6) is 2.28. The number of fused-ring (bicyclic) bond motifs is 9. The third-order valence-electron chi connectivity index (χ3n) is 9.90. The number of nitrogens with zero attached hydrogens (tertiary/aromatic N) is 4. The Labute approximate surface area is 296 Å². The van der Waals surface area contributed by atoms with Gasteiger partial charge in [0.2, 0.25) is 5.89 Å². The molecule has 52 heavy (non-hydrogen) atoms. The average Bonchev–Trinajstić information content (AvgIpc) is 3.83. The molecular formula is C46H26N4O2. The summed E-state index contributed by atoms with van der Waals surface area (Å²) in [7, 11) is 0. The van der Waals surface area contributed by atoms with Crippen LogP contribution >= 0.6 is 0 Å². The molecule has 0 saturated heterocycles. The zero-order chi connectivity index (χ0) is 34.2. The van der Waals surface area contributed by atoms with E-state index in [2.05, 4.69) is 91.0 Å². The number of aromatic nitrogens is 4. The number of benzene rings is 8. The number of hydrogen-bond donors (Lipinski definition) is 0. The van der Waals surface area contributed by atoms with Crippen molar-refractivity contribution < 1.29 is 8.83 Å². The first-order chi connectivity index (χ1) is 25.7. The minimum Gasteiger partial charge on any atom is -0.456 e. The highest BCUT2D eigenvalue weighted by Crippen LogP contribution is 2.40. The number of oxazole rings is 1. The Balaban J connectivity index is 1.07. The molecule has 0 N–H and O–H groups in total. The van der Waals surface area contributed by atoms with Crippen LogP contribution in [0.1, 0.15) is 0 Å². The zero-order valence-corrected chi connectivity index (χ0v) is 27.6. The molecular weight excluding hydrogens is 641 g/mol. The van der Waals surface area contributed by atoms with Crippen LogP contribution in [0.25, 0.3) is 111 Å². The normalized spacial score (nSPS) is 11.8. The van der Waals surface area contributed by atoms with Crippen LogP contribution < -0.4 is 0 Å². The van der Waals surface area contributed by atoms with E-state index in [0.29, 0.717) is 28.9 Å². The second-order valence-electron chi connectivity index (χ2n) is 13.1. The maximum Gasteiger partial charge on any atom is 0.227 e. The molecule has 11 aromatic rings. The maximum absolute atomic E-state index is 6.45. The lowest BCUT2D eigenvalue weighted by Gasteiger charge is -2.10. The topological polar surface area (TPSA) is 77.8 Å². The van der Waals surface area contributed by atoms with Gasteiger partial charge in [0.25, 0.3) is 0 Å². The summed E-state index contributed by atoms with van der Waals surface area (Å²) in [6.45, 7) is 0. The third kappa shape index (κ3) is 4.58. The van der Waals surface area contributed by atoms with Crippen molar-refractivity contribution in [3.63, 3.8) is 0 Å². The van der Waals surface area contributed by atoms with Gasteiger partial charge in [-0.15, -0.1) is 0 Å². The first-order valence-corrected chi connectivity index (χ1v) is 17.2. The van der Waals surface area contributed by atoms with Gasteiger partial charge in [0.15, 0.2) is 23.1 Å². The van der Waals surface area contributed by atoms with E-state index < -0.39 is 0 Å². The molecule has 3 heterocycles. The summed E-state index contributed by atoms with van der Waals surface area (Å²) in [4.78, 5) is 20.2. The van der Waals surface area contributed by atoms with Crippen molar-refractivity contribution in [3.05, 3.63) is 158 Å². The van der Waals surface area contributed by atoms with Crippen LogP contribution in [0.15, 0.2) is 167 Å². The molecule has 0 spiro atoms. The van der Waals surface area contributed by atoms with Gasteiger partial charge in [0.1, 0.15) is 16.7 Å². The van der Waals surface area contributed by atoms with Crippen LogP contribution in [0.3, 0.4) is 0 Å². The van der Waals surface area contributed by atoms with Gasteiger partial charge in [0, 0.05) is 27.6 Å². The first-order valence-electron chi connectivity index (χ1n) is 17.2. The summed E-state index contributed by atoms with van der Waals surface area (Å²) in [6.07, 6.45) is 0. The van der Waals surface area contributed by atoms with Crippen molar-refractivity contribution >= 4 is 65.4 Å². The molecule has 242 valence electrons. The van der Waals surface area contributed by atoms with Crippen LogP contribution in [-0.2, 0) is 0 Å². The van der Waals surface area contributed by atoms with Gasteiger partial charge >= 0.3 is 0 Å². The molecule has 0 saturated carbocycles. The van der Waals surface area contributed by atoms with Crippen LogP contribution in [0.5, 0.6) is 0 Å². The van der Waals surface area contributed by atoms with Gasteiger partial charge in [-0.2, -0.15) is 0 Å². The molecule has 0 aliphatic carbocycles. The van der Waals surface area contributed by atoms with E-state index in [1.165, 1.54) is 0 Å². The zero-order valence-electron chi connectivity index (χ0n) is 27.6. The smallest absolute Gasteiger partial charge is 0.227 e. The van der Waals surface area contributed by atoms with Gasteiger partial charge in [-0.25, -0.2) is 19.9 Å². The number of hydrogen-bond acceptors (Lipinski definition) is 6. The van der Waals surface area contributed by atoms with Crippen molar-refractivity contribution in [2.45, 2.75) is 0 Å². The highest BCUT2D eigenvalue weighted by atomic mass is 16.4. The third-order valence-corrected chi connectivity index (χ3v) is 9.90. The molecule has 11 rings (SSSR count). The molecule has 3 aromatic heterocycles. The molecule has 8 aromatic carbocycles. The van der Waals surface area contributed by atoms with Gasteiger partial charge in [-0.05, 0) is 74.8 Å². The molecule has 0 amide bonds. The molecule has 6 nitrogen and oxygen atoms in total. The van der Waals surface area contributed by atoms with Gasteiger partial charge in [0.05, 0.1) is 5.39 Å². The van der Waals surface area contributed by atoms with Crippen molar-refractivity contribution in [2.24, 2.45) is 0 Å². The predicted molar refractivity (Wildman–Crippen MR) is 209 cm³/mol. The largest absolute Gasteiger partial charge is 0.456 e. The van der Waals surface area contributed by atoms with Gasteiger partial charge in [-0.1, -0.05) is 115 Å². The van der Waals surface area contributed by atoms with E-state index in [1.807, 2.05) is 66.7 Å². The number of rotatable bonds is 4. The van der Waals surface area contributed by atoms with Crippen LogP contribution in [0.2, 0.25) is 0 Å². The van der Waals surface area contributed by atoms with E-state index in [-0.39, 0.29) is 0 Å². The van der Waals surface area contributed by atoms with Gasteiger partial charge < -0.3 is 8.83 Å². The van der Waals surface area contributed by atoms with Crippen LogP contribution in [0, 0.1) is 0 Å². The van der Waals surface area contributed by atoms with E-state index in [0.717, 1.165) is 82.0 Å². The molecule has 0 unspecified atom stereocenters. The fraction of sp³-hybridized carbons (Fsp3) is 0. The fourth-order valence-electron chi connectivity index (χ4n) is 7.35. The molecule has 0 aliphatic heterocycles. The standard InChI is InChI=1S/C46H26N4O2/c1-3-11-30-24-33(18-16-27(30)8-1)44-48-43(49-45(50-44)34-19-17-28-9-2-4-12-31(28)25-34)32-13-7-14-35(26-32)46-47-42-39(52-46)23-22-38-41(42)40-36-15-6-5-10-29(36)20-21-37(40)51-38/h1-26H. The van der Waals surface area contributed by atoms with Crippen LogP contribution in [-0.4, -0.2) is 19.9 Å². The van der Waals surface area contributed by atoms with Crippen molar-refractivity contribution in [1.29, 1.82) is 0 Å². The Hall–Kier alpha value is -7.18. The average molecular weight is 667 g/mol. The van der Waals surface area contributed by atoms with E-state index in [1.54, 1.807) is 0 Å². The summed E-state index contributed by atoms with van der Waals surface area (Å²) in [5.41, 5.74) is 6.56. The molecule has 6 heteroatoms. The monoisotopic (exact) mass is 666 g/mol. The summed E-state index contributed by atoms with van der Waals surface area (Å²) >= 11 is 0. The minimum atomic E-state index is 0.512. The maximum atomic E-state index is 6.45. The highest BCUT2D eigenvalue weighted by Gasteiger charge is 2.19. The molecule has 0 atom stereocenters. The SMILES string of the molecule is c1cc(-c2nc(-c3ccc4ccccc4c3)nc(-c3ccc4ccccc4c3)n2)cc(-c2nc3c(ccc4oc5ccc6ccccc6c5c43)o2)c1. The quantitative estimate of drug-likeness (QED) is 0.186. The summed E-state index contributed by atoms with van der Waals surface area (Å²) in [6, 6.07) is 53.7. The molecule has 0 aliphatic rings. The lowest BCUT2D eigenvalue weighted by atomic mass is 10.0. The van der Waals surface area contributed by atoms with E-state index >= 15 is 0 Å². The Morgan fingerprint density at radius 1 is 0.327 bits per heavy atom. The predicted octanol–water partition coefficient (Wildman–Crippen LogP) is 12.0. The Morgan fingerprint density at radius 2 is 0.846 bits per heavy atom. The molecule has 0 radical (unpaired) electrons. The van der Waals surface area contributed by atoms with Crippen LogP contribution in [0.4, 0.5) is 0 Å². The second kappa shape index (κ2) is 11.2. The van der Waals surface area contributed by atoms with Crippen molar-refractivity contribution in [1.82, 2.24) is 19.9 Å². The van der Waals surface area contributed by atoms with Crippen molar-refractivity contribution in [3.8, 4) is 45.6 Å². The lowest BCUT2D eigenvalue weighted by Crippen LogP contribution is -2.00. The Morgan fingerprint density at radius 3 is 1.54 bits per heavy atom. The second-order valence-corrected chi connectivity index (χ2v) is 13.1. The van der Waals surface area contributed by atoms with E-state index in [4.69, 9.17) is 28.8 Å². The minimum absolute atomic E-state index is 0.512. The molecule has 0 fully saturated rings. The van der Waals surface area contributed by atoms with E-state index in [9.17, 15) is 0 Å². The summed E-state index contributed by atoms with van der Waals surface area (Å²) in [5, 5.41) is 8.84. The van der Waals surface area contributed by atoms with Gasteiger partial charge in [-0.3, -0.25) is 0 Å².